The fraction of sp³-hybridized carbons (Fsp3) is 0.545. The van der Waals surface area contributed by atoms with Gasteiger partial charge >= 0.3 is 0 Å². The zero-order valence-corrected chi connectivity index (χ0v) is 11.1. The minimum absolute atomic E-state index is 0.00704. The van der Waals surface area contributed by atoms with Crippen LogP contribution in [0.25, 0.3) is 0 Å². The molecule has 0 aromatic carbocycles. The quantitative estimate of drug-likeness (QED) is 0.844. The van der Waals surface area contributed by atoms with E-state index in [2.05, 4.69) is 21.4 Å². The number of nitrogens with one attached hydrogen (secondary N) is 1. The second kappa shape index (κ2) is 4.84. The maximum atomic E-state index is 11.8. The number of amides is 1. The minimum Gasteiger partial charge on any atom is -0.272 e. The summed E-state index contributed by atoms with van der Waals surface area (Å²) in [5, 5.41) is 0. The van der Waals surface area contributed by atoms with Gasteiger partial charge < -0.3 is 0 Å². The van der Waals surface area contributed by atoms with E-state index in [9.17, 15) is 4.79 Å². The van der Waals surface area contributed by atoms with E-state index in [-0.39, 0.29) is 16.7 Å². The van der Waals surface area contributed by atoms with E-state index >= 15 is 0 Å². The normalized spacial score (nSPS) is 12.9. The van der Waals surface area contributed by atoms with Crippen LogP contribution in [0, 0.1) is 19.8 Å². The molecule has 1 unspecified atom stereocenters. The van der Waals surface area contributed by atoms with Gasteiger partial charge in [-0.15, -0.1) is 0 Å². The van der Waals surface area contributed by atoms with Crippen molar-refractivity contribution in [2.75, 3.05) is 5.43 Å². The molecule has 1 amide bonds. The molecule has 1 heterocycles. The Hall–Kier alpha value is -0.770. The van der Waals surface area contributed by atoms with E-state index in [4.69, 9.17) is 0 Å². The summed E-state index contributed by atoms with van der Waals surface area (Å²) < 4.78 is 1.80. The monoisotopic (exact) mass is 272 g/mol. The number of aryl methyl sites for hydroxylation is 2. The first-order chi connectivity index (χ1) is 6.93. The molecule has 1 N–H and O–H groups in total. The van der Waals surface area contributed by atoms with Gasteiger partial charge in [0.15, 0.2) is 0 Å². The molecule has 0 saturated carbocycles. The molecule has 0 aliphatic rings. The number of nitrogens with zero attached hydrogens (tertiary/aromatic N) is 1. The molecule has 0 fully saturated rings. The summed E-state index contributed by atoms with van der Waals surface area (Å²) in [6.45, 7) is 7.94. The lowest BCUT2D eigenvalue weighted by Gasteiger charge is -2.16. The van der Waals surface area contributed by atoms with Crippen LogP contribution >= 0.6 is 15.9 Å². The summed E-state index contributed by atoms with van der Waals surface area (Å²) in [5.41, 5.74) is 4.93. The number of hydrogen-bond donors (Lipinski definition) is 1. The van der Waals surface area contributed by atoms with Gasteiger partial charge in [0, 0.05) is 11.4 Å². The van der Waals surface area contributed by atoms with Crippen LogP contribution in [0.1, 0.15) is 25.2 Å². The van der Waals surface area contributed by atoms with Crippen molar-refractivity contribution in [1.29, 1.82) is 0 Å². The topological polar surface area (TPSA) is 34.0 Å². The third-order valence-corrected chi connectivity index (χ3v) is 3.80. The van der Waals surface area contributed by atoms with E-state index in [0.29, 0.717) is 0 Å². The van der Waals surface area contributed by atoms with Gasteiger partial charge in [-0.2, -0.15) is 0 Å². The Morgan fingerprint density at radius 2 is 1.80 bits per heavy atom. The molecule has 0 spiro atoms. The Kier molecular flexibility index (Phi) is 3.97. The molecule has 1 atom stereocenters. The van der Waals surface area contributed by atoms with Crippen LogP contribution in [0.15, 0.2) is 12.1 Å². The fourth-order valence-electron chi connectivity index (χ4n) is 1.32. The second-order valence-corrected chi connectivity index (χ2v) is 5.06. The molecule has 15 heavy (non-hydrogen) atoms. The average molecular weight is 273 g/mol. The molecule has 0 aliphatic carbocycles. The van der Waals surface area contributed by atoms with Gasteiger partial charge in [0.1, 0.15) is 0 Å². The van der Waals surface area contributed by atoms with Crippen molar-refractivity contribution in [3.05, 3.63) is 23.5 Å². The standard InChI is InChI=1S/C11H17BrN2O/c1-7(2)10(12)11(15)13-14-8(3)5-6-9(14)4/h5-7,10H,1-4H3,(H,13,15). The molecule has 3 nitrogen and oxygen atoms in total. The van der Waals surface area contributed by atoms with Crippen molar-refractivity contribution in [3.8, 4) is 0 Å². The Morgan fingerprint density at radius 1 is 1.33 bits per heavy atom. The molecule has 0 saturated heterocycles. The molecule has 84 valence electrons. The lowest BCUT2D eigenvalue weighted by Crippen LogP contribution is -2.33. The first kappa shape index (κ1) is 12.3. The second-order valence-electron chi connectivity index (χ2n) is 4.07. The largest absolute Gasteiger partial charge is 0.272 e. The van der Waals surface area contributed by atoms with Crippen molar-refractivity contribution in [3.63, 3.8) is 0 Å². The maximum Gasteiger partial charge on any atom is 0.252 e. The molecule has 0 radical (unpaired) electrons. The lowest BCUT2D eigenvalue weighted by atomic mass is 10.1. The average Bonchev–Trinajstić information content (AvgIpc) is 2.47. The van der Waals surface area contributed by atoms with Gasteiger partial charge in [0.05, 0.1) is 4.83 Å². The highest BCUT2D eigenvalue weighted by atomic mass is 79.9. The lowest BCUT2D eigenvalue weighted by molar-refractivity contribution is -0.117. The Bertz CT molecular complexity index is 338. The van der Waals surface area contributed by atoms with E-state index in [1.165, 1.54) is 0 Å². The first-order valence-corrected chi connectivity index (χ1v) is 5.95. The van der Waals surface area contributed by atoms with Crippen LogP contribution in [0.3, 0.4) is 0 Å². The number of carbonyl (C=O) groups excluding carboxylic acids is 1. The number of rotatable bonds is 3. The summed E-state index contributed by atoms with van der Waals surface area (Å²) in [4.78, 5) is 11.6. The van der Waals surface area contributed by atoms with Crippen molar-refractivity contribution in [1.82, 2.24) is 4.68 Å². The van der Waals surface area contributed by atoms with Crippen molar-refractivity contribution >= 4 is 21.8 Å². The number of hydrogen-bond acceptors (Lipinski definition) is 1. The summed E-state index contributed by atoms with van der Waals surface area (Å²) in [6, 6.07) is 3.96. The maximum absolute atomic E-state index is 11.8. The predicted octanol–water partition coefficient (Wildman–Crippen LogP) is 2.59. The highest BCUT2D eigenvalue weighted by Crippen LogP contribution is 2.13. The number of aromatic nitrogens is 1. The molecular formula is C11H17BrN2O. The molecule has 1 aromatic heterocycles. The Balaban J connectivity index is 2.75. The summed E-state index contributed by atoms with van der Waals surface area (Å²) in [7, 11) is 0. The molecule has 0 aliphatic heterocycles. The predicted molar refractivity (Wildman–Crippen MR) is 65.8 cm³/mol. The van der Waals surface area contributed by atoms with E-state index in [0.717, 1.165) is 11.4 Å². The third kappa shape index (κ3) is 2.84. The minimum atomic E-state index is -0.154. The van der Waals surface area contributed by atoms with Crippen LogP contribution in [-0.4, -0.2) is 15.4 Å². The van der Waals surface area contributed by atoms with Crippen molar-refractivity contribution < 1.29 is 4.79 Å². The summed E-state index contributed by atoms with van der Waals surface area (Å²) in [6.07, 6.45) is 0. The fourth-order valence-corrected chi connectivity index (χ4v) is 1.42. The van der Waals surface area contributed by atoms with Gasteiger partial charge in [-0.25, -0.2) is 0 Å². The van der Waals surface area contributed by atoms with E-state index in [1.54, 1.807) is 4.68 Å². The van der Waals surface area contributed by atoms with Crippen molar-refractivity contribution in [2.24, 2.45) is 5.92 Å². The Labute approximate surface area is 99.0 Å². The molecular weight excluding hydrogens is 256 g/mol. The summed E-state index contributed by atoms with van der Waals surface area (Å²) >= 11 is 3.38. The molecule has 0 bridgehead atoms. The van der Waals surface area contributed by atoms with E-state index in [1.807, 2.05) is 39.8 Å². The van der Waals surface area contributed by atoms with Crippen LogP contribution in [0.2, 0.25) is 0 Å². The smallest absolute Gasteiger partial charge is 0.252 e. The first-order valence-electron chi connectivity index (χ1n) is 5.03. The van der Waals surface area contributed by atoms with Gasteiger partial charge in [0.25, 0.3) is 5.91 Å². The highest BCUT2D eigenvalue weighted by molar-refractivity contribution is 9.10. The molecule has 4 heteroatoms. The van der Waals surface area contributed by atoms with Crippen LogP contribution in [-0.2, 0) is 4.79 Å². The van der Waals surface area contributed by atoms with Crippen LogP contribution in [0.4, 0.5) is 0 Å². The molecule has 1 rings (SSSR count). The van der Waals surface area contributed by atoms with Gasteiger partial charge in [-0.1, -0.05) is 29.8 Å². The van der Waals surface area contributed by atoms with Crippen LogP contribution in [0.5, 0.6) is 0 Å². The highest BCUT2D eigenvalue weighted by Gasteiger charge is 2.19. The van der Waals surface area contributed by atoms with Crippen molar-refractivity contribution in [2.45, 2.75) is 32.5 Å². The third-order valence-electron chi connectivity index (χ3n) is 2.33. The SMILES string of the molecule is Cc1ccc(C)n1NC(=O)C(Br)C(C)C. The van der Waals surface area contributed by atoms with E-state index < -0.39 is 0 Å². The Morgan fingerprint density at radius 3 is 2.20 bits per heavy atom. The molecule has 1 aromatic rings. The number of halogens is 1. The van der Waals surface area contributed by atoms with Crippen LogP contribution < -0.4 is 5.43 Å². The van der Waals surface area contributed by atoms with Gasteiger partial charge in [-0.05, 0) is 31.9 Å². The van der Waals surface area contributed by atoms with Gasteiger partial charge in [0.2, 0.25) is 0 Å². The van der Waals surface area contributed by atoms with Gasteiger partial charge in [-0.3, -0.25) is 14.9 Å². The zero-order chi connectivity index (χ0) is 11.6. The number of alkyl halides is 1. The number of carbonyl (C=O) groups is 1. The summed E-state index contributed by atoms with van der Waals surface area (Å²) in [5.74, 6) is 0.272. The zero-order valence-electron chi connectivity index (χ0n) is 9.54.